The Morgan fingerprint density at radius 1 is 1.15 bits per heavy atom. The van der Waals surface area contributed by atoms with E-state index >= 15 is 0 Å². The molecule has 0 spiro atoms. The molecule has 2 bridgehead atoms. The molecule has 3 heterocycles. The summed E-state index contributed by atoms with van der Waals surface area (Å²) in [5.74, 6) is 0. The van der Waals surface area contributed by atoms with Gasteiger partial charge < -0.3 is 14.8 Å². The van der Waals surface area contributed by atoms with Gasteiger partial charge in [-0.2, -0.15) is 0 Å². The summed E-state index contributed by atoms with van der Waals surface area (Å²) in [6, 6.07) is 0.565. The van der Waals surface area contributed by atoms with Crippen molar-refractivity contribution < 1.29 is 9.47 Å². The third-order valence-corrected chi connectivity index (χ3v) is 5.12. The zero-order valence-electron chi connectivity index (χ0n) is 13.1. The van der Waals surface area contributed by atoms with Gasteiger partial charge in [0.15, 0.2) is 0 Å². The lowest BCUT2D eigenvalue weighted by Crippen LogP contribution is -2.52. The van der Waals surface area contributed by atoms with Gasteiger partial charge >= 0.3 is 0 Å². The van der Waals surface area contributed by atoms with E-state index in [-0.39, 0.29) is 0 Å². The Morgan fingerprint density at radius 2 is 1.80 bits per heavy atom. The predicted molar refractivity (Wildman–Crippen MR) is 80.0 cm³/mol. The molecule has 0 aromatic rings. The van der Waals surface area contributed by atoms with Gasteiger partial charge in [-0.05, 0) is 31.1 Å². The van der Waals surface area contributed by atoms with Crippen LogP contribution in [0.4, 0.5) is 0 Å². The fraction of sp³-hybridized carbons (Fsp3) is 1.00. The van der Waals surface area contributed by atoms with Gasteiger partial charge in [0, 0.05) is 45.4 Å². The molecule has 4 nitrogen and oxygen atoms in total. The summed E-state index contributed by atoms with van der Waals surface area (Å²) in [7, 11) is 0. The molecule has 3 rings (SSSR count). The number of ether oxygens (including phenoxy) is 2. The largest absolute Gasteiger partial charge is 0.381 e. The van der Waals surface area contributed by atoms with E-state index in [1.54, 1.807) is 0 Å². The highest BCUT2D eigenvalue weighted by atomic mass is 16.5. The monoisotopic (exact) mass is 282 g/mol. The van der Waals surface area contributed by atoms with Gasteiger partial charge in [-0.1, -0.05) is 13.8 Å². The van der Waals surface area contributed by atoms with Gasteiger partial charge in [-0.25, -0.2) is 0 Å². The fourth-order valence-electron chi connectivity index (χ4n) is 3.92. The molecule has 0 saturated carbocycles. The van der Waals surface area contributed by atoms with Gasteiger partial charge in [0.1, 0.15) is 0 Å². The van der Waals surface area contributed by atoms with Crippen LogP contribution in [0.3, 0.4) is 0 Å². The molecular weight excluding hydrogens is 252 g/mol. The number of fused-ring (bicyclic) bond motifs is 2. The normalized spacial score (nSPS) is 33.8. The van der Waals surface area contributed by atoms with Crippen molar-refractivity contribution in [3.8, 4) is 0 Å². The third kappa shape index (κ3) is 3.53. The van der Waals surface area contributed by atoms with E-state index in [0.717, 1.165) is 32.8 Å². The molecule has 2 unspecified atom stereocenters. The molecule has 116 valence electrons. The van der Waals surface area contributed by atoms with Crippen LogP contribution in [0.1, 0.15) is 39.5 Å². The number of hydrogen-bond acceptors (Lipinski definition) is 4. The first-order valence-corrected chi connectivity index (χ1v) is 8.34. The number of likely N-dealkylation sites (tertiary alicyclic amines) is 1. The molecule has 3 aliphatic heterocycles. The SMILES string of the molecule is CC(C)NCC1(CN2CC3CCC(C2)O3)CCOCC1. The van der Waals surface area contributed by atoms with E-state index in [1.807, 2.05) is 0 Å². The van der Waals surface area contributed by atoms with Gasteiger partial charge in [0.05, 0.1) is 12.2 Å². The van der Waals surface area contributed by atoms with Crippen LogP contribution in [-0.2, 0) is 9.47 Å². The summed E-state index contributed by atoms with van der Waals surface area (Å²) in [6.45, 7) is 11.0. The Labute approximate surface area is 123 Å². The highest BCUT2D eigenvalue weighted by Crippen LogP contribution is 2.34. The van der Waals surface area contributed by atoms with Crippen LogP contribution in [0.25, 0.3) is 0 Å². The molecule has 1 N–H and O–H groups in total. The van der Waals surface area contributed by atoms with Gasteiger partial charge in [0.25, 0.3) is 0 Å². The summed E-state index contributed by atoms with van der Waals surface area (Å²) < 4.78 is 11.6. The molecule has 0 aliphatic carbocycles. The van der Waals surface area contributed by atoms with Crippen molar-refractivity contribution in [3.63, 3.8) is 0 Å². The van der Waals surface area contributed by atoms with Crippen LogP contribution in [0.15, 0.2) is 0 Å². The quantitative estimate of drug-likeness (QED) is 0.831. The van der Waals surface area contributed by atoms with Gasteiger partial charge in [0.2, 0.25) is 0 Å². The first-order valence-electron chi connectivity index (χ1n) is 8.34. The van der Waals surface area contributed by atoms with Crippen molar-refractivity contribution in [2.45, 2.75) is 57.8 Å². The van der Waals surface area contributed by atoms with Gasteiger partial charge in [-0.3, -0.25) is 4.90 Å². The van der Waals surface area contributed by atoms with E-state index in [0.29, 0.717) is 23.7 Å². The zero-order valence-corrected chi connectivity index (χ0v) is 13.1. The Balaban J connectivity index is 1.60. The number of morpholine rings is 1. The van der Waals surface area contributed by atoms with Crippen molar-refractivity contribution in [1.82, 2.24) is 10.2 Å². The third-order valence-electron chi connectivity index (χ3n) is 5.12. The first kappa shape index (κ1) is 14.8. The Morgan fingerprint density at radius 3 is 2.40 bits per heavy atom. The molecule has 3 fully saturated rings. The summed E-state index contributed by atoms with van der Waals surface area (Å²) in [4.78, 5) is 2.67. The topological polar surface area (TPSA) is 33.7 Å². The highest BCUT2D eigenvalue weighted by Gasteiger charge is 2.39. The Kier molecular flexibility index (Phi) is 4.65. The molecule has 2 atom stereocenters. The smallest absolute Gasteiger partial charge is 0.0707 e. The Hall–Kier alpha value is -0.160. The minimum atomic E-state index is 0.402. The van der Waals surface area contributed by atoms with Crippen molar-refractivity contribution >= 4 is 0 Å². The lowest BCUT2D eigenvalue weighted by Gasteiger charge is -2.43. The van der Waals surface area contributed by atoms with Crippen LogP contribution in [0.5, 0.6) is 0 Å². The molecule has 0 aromatic heterocycles. The molecule has 3 aliphatic rings. The number of rotatable bonds is 5. The molecular formula is C16H30N2O2. The van der Waals surface area contributed by atoms with Crippen LogP contribution >= 0.6 is 0 Å². The van der Waals surface area contributed by atoms with E-state index in [4.69, 9.17) is 9.47 Å². The second-order valence-corrected chi connectivity index (χ2v) is 7.30. The van der Waals surface area contributed by atoms with Gasteiger partial charge in [-0.15, -0.1) is 0 Å². The average Bonchev–Trinajstić information content (AvgIpc) is 2.77. The fourth-order valence-corrected chi connectivity index (χ4v) is 3.92. The second kappa shape index (κ2) is 6.30. The maximum Gasteiger partial charge on any atom is 0.0707 e. The first-order chi connectivity index (χ1) is 9.65. The predicted octanol–water partition coefficient (Wildman–Crippen LogP) is 1.64. The zero-order chi connectivity index (χ0) is 14.0. The van der Waals surface area contributed by atoms with Crippen molar-refractivity contribution in [2.24, 2.45) is 5.41 Å². The summed E-state index contributed by atoms with van der Waals surface area (Å²) >= 11 is 0. The second-order valence-electron chi connectivity index (χ2n) is 7.30. The van der Waals surface area contributed by atoms with Crippen molar-refractivity contribution in [3.05, 3.63) is 0 Å². The average molecular weight is 282 g/mol. The molecule has 0 amide bonds. The lowest BCUT2D eigenvalue weighted by molar-refractivity contribution is -0.0663. The highest BCUT2D eigenvalue weighted by molar-refractivity contribution is 4.92. The molecule has 0 radical (unpaired) electrons. The van der Waals surface area contributed by atoms with E-state index in [1.165, 1.54) is 32.2 Å². The molecule has 3 saturated heterocycles. The standard InChI is InChI=1S/C16H30N2O2/c1-13(2)17-11-16(5-7-19-8-6-16)12-18-9-14-3-4-15(10-18)20-14/h13-15,17H,3-12H2,1-2H3. The minimum Gasteiger partial charge on any atom is -0.381 e. The van der Waals surface area contributed by atoms with Crippen molar-refractivity contribution in [1.29, 1.82) is 0 Å². The minimum absolute atomic E-state index is 0.402. The van der Waals surface area contributed by atoms with Crippen LogP contribution in [0, 0.1) is 5.41 Å². The number of nitrogens with zero attached hydrogens (tertiary/aromatic N) is 1. The summed E-state index contributed by atoms with van der Waals surface area (Å²) in [6.07, 6.45) is 5.93. The summed E-state index contributed by atoms with van der Waals surface area (Å²) in [5, 5.41) is 3.67. The maximum absolute atomic E-state index is 5.97. The number of nitrogens with one attached hydrogen (secondary N) is 1. The van der Waals surface area contributed by atoms with Crippen LogP contribution < -0.4 is 5.32 Å². The number of hydrogen-bond donors (Lipinski definition) is 1. The Bertz CT molecular complexity index is 304. The summed E-state index contributed by atoms with van der Waals surface area (Å²) in [5.41, 5.74) is 0.402. The molecule has 20 heavy (non-hydrogen) atoms. The van der Waals surface area contributed by atoms with Crippen molar-refractivity contribution in [2.75, 3.05) is 39.4 Å². The van der Waals surface area contributed by atoms with Crippen LogP contribution in [-0.4, -0.2) is 62.5 Å². The van der Waals surface area contributed by atoms with E-state index in [2.05, 4.69) is 24.1 Å². The van der Waals surface area contributed by atoms with E-state index in [9.17, 15) is 0 Å². The van der Waals surface area contributed by atoms with E-state index < -0.39 is 0 Å². The maximum atomic E-state index is 5.97. The molecule has 0 aromatic carbocycles. The lowest BCUT2D eigenvalue weighted by atomic mass is 9.79. The van der Waals surface area contributed by atoms with Crippen LogP contribution in [0.2, 0.25) is 0 Å². The molecule has 4 heteroatoms.